The van der Waals surface area contributed by atoms with Gasteiger partial charge in [-0.1, -0.05) is 6.92 Å². The SMILES string of the molecule is CCCn1c(-c2ccc(F)cc2)nc(C)c(C(=O)OC)c1=O. The quantitative estimate of drug-likeness (QED) is 0.814. The van der Waals surface area contributed by atoms with Gasteiger partial charge in [-0.3, -0.25) is 9.36 Å². The number of aromatic nitrogens is 2. The zero-order valence-corrected chi connectivity index (χ0v) is 12.7. The summed E-state index contributed by atoms with van der Waals surface area (Å²) in [5, 5.41) is 0. The molecule has 0 aliphatic carbocycles. The summed E-state index contributed by atoms with van der Waals surface area (Å²) in [7, 11) is 1.22. The Bertz CT molecular complexity index is 751. The highest BCUT2D eigenvalue weighted by Crippen LogP contribution is 2.18. The van der Waals surface area contributed by atoms with Gasteiger partial charge in [0.2, 0.25) is 0 Å². The average Bonchev–Trinajstić information content (AvgIpc) is 2.50. The molecule has 1 heterocycles. The fraction of sp³-hybridized carbons (Fsp3) is 0.312. The van der Waals surface area contributed by atoms with E-state index in [1.165, 1.54) is 23.8 Å². The predicted molar refractivity (Wildman–Crippen MR) is 80.3 cm³/mol. The topological polar surface area (TPSA) is 61.2 Å². The molecule has 0 bridgehead atoms. The monoisotopic (exact) mass is 304 g/mol. The van der Waals surface area contributed by atoms with E-state index in [4.69, 9.17) is 0 Å². The Balaban J connectivity index is 2.72. The zero-order chi connectivity index (χ0) is 16.3. The van der Waals surface area contributed by atoms with Gasteiger partial charge in [0.25, 0.3) is 5.56 Å². The van der Waals surface area contributed by atoms with E-state index in [-0.39, 0.29) is 11.4 Å². The molecule has 0 unspecified atom stereocenters. The van der Waals surface area contributed by atoms with E-state index in [0.29, 0.717) is 30.0 Å². The van der Waals surface area contributed by atoms with Gasteiger partial charge in [-0.05, 0) is 37.6 Å². The highest BCUT2D eigenvalue weighted by molar-refractivity contribution is 5.90. The minimum Gasteiger partial charge on any atom is -0.465 e. The number of hydrogen-bond donors (Lipinski definition) is 0. The van der Waals surface area contributed by atoms with Crippen LogP contribution in [0.3, 0.4) is 0 Å². The molecule has 0 fully saturated rings. The molecule has 2 aromatic rings. The van der Waals surface area contributed by atoms with E-state index < -0.39 is 11.5 Å². The fourth-order valence-corrected chi connectivity index (χ4v) is 2.25. The normalized spacial score (nSPS) is 10.5. The Morgan fingerprint density at radius 2 is 1.95 bits per heavy atom. The molecule has 0 amide bonds. The molecule has 6 heteroatoms. The van der Waals surface area contributed by atoms with Gasteiger partial charge in [0.15, 0.2) is 0 Å². The summed E-state index contributed by atoms with van der Waals surface area (Å²) in [5.41, 5.74) is 0.400. The van der Waals surface area contributed by atoms with E-state index in [1.807, 2.05) is 6.92 Å². The lowest BCUT2D eigenvalue weighted by molar-refractivity contribution is 0.0596. The van der Waals surface area contributed by atoms with Crippen LogP contribution in [0.5, 0.6) is 0 Å². The van der Waals surface area contributed by atoms with Crippen molar-refractivity contribution in [1.82, 2.24) is 9.55 Å². The molecule has 0 spiro atoms. The first-order chi connectivity index (χ1) is 10.5. The van der Waals surface area contributed by atoms with Gasteiger partial charge in [-0.15, -0.1) is 0 Å². The van der Waals surface area contributed by atoms with Gasteiger partial charge >= 0.3 is 5.97 Å². The van der Waals surface area contributed by atoms with Gasteiger partial charge in [-0.25, -0.2) is 14.2 Å². The van der Waals surface area contributed by atoms with Crippen molar-refractivity contribution in [2.45, 2.75) is 26.8 Å². The van der Waals surface area contributed by atoms with Crippen molar-refractivity contribution in [3.63, 3.8) is 0 Å². The van der Waals surface area contributed by atoms with Crippen LogP contribution in [0.15, 0.2) is 29.1 Å². The fourth-order valence-electron chi connectivity index (χ4n) is 2.25. The second kappa shape index (κ2) is 6.51. The number of ether oxygens (including phenoxy) is 1. The van der Waals surface area contributed by atoms with Crippen molar-refractivity contribution in [3.8, 4) is 11.4 Å². The number of nitrogens with zero attached hydrogens (tertiary/aromatic N) is 2. The molecular weight excluding hydrogens is 287 g/mol. The third-order valence-electron chi connectivity index (χ3n) is 3.29. The van der Waals surface area contributed by atoms with Crippen molar-refractivity contribution in [2.24, 2.45) is 0 Å². The average molecular weight is 304 g/mol. The second-order valence-corrected chi connectivity index (χ2v) is 4.85. The minimum absolute atomic E-state index is 0.0678. The summed E-state index contributed by atoms with van der Waals surface area (Å²) in [6, 6.07) is 5.73. The van der Waals surface area contributed by atoms with Gasteiger partial charge in [0.1, 0.15) is 17.2 Å². The van der Waals surface area contributed by atoms with Crippen LogP contribution in [0.1, 0.15) is 29.4 Å². The molecule has 1 aromatic carbocycles. The number of esters is 1. The maximum Gasteiger partial charge on any atom is 0.345 e. The second-order valence-electron chi connectivity index (χ2n) is 4.85. The number of hydrogen-bond acceptors (Lipinski definition) is 4. The van der Waals surface area contributed by atoms with Crippen LogP contribution in [-0.2, 0) is 11.3 Å². The van der Waals surface area contributed by atoms with Gasteiger partial charge in [0, 0.05) is 12.1 Å². The van der Waals surface area contributed by atoms with E-state index in [0.717, 1.165) is 0 Å². The Kier molecular flexibility index (Phi) is 4.70. The Morgan fingerprint density at radius 3 is 2.50 bits per heavy atom. The van der Waals surface area contributed by atoms with E-state index in [2.05, 4.69) is 9.72 Å². The van der Waals surface area contributed by atoms with Crippen LogP contribution >= 0.6 is 0 Å². The standard InChI is InChI=1S/C16H17FN2O3/c1-4-9-19-14(11-5-7-12(17)8-6-11)18-10(2)13(15(19)20)16(21)22-3/h5-8H,4,9H2,1-3H3. The minimum atomic E-state index is -0.703. The van der Waals surface area contributed by atoms with Gasteiger partial charge < -0.3 is 4.74 Å². The first-order valence-electron chi connectivity index (χ1n) is 6.95. The van der Waals surface area contributed by atoms with E-state index >= 15 is 0 Å². The van der Waals surface area contributed by atoms with Crippen LogP contribution in [0.2, 0.25) is 0 Å². The third kappa shape index (κ3) is 2.90. The summed E-state index contributed by atoms with van der Waals surface area (Å²) < 4.78 is 19.1. The highest BCUT2D eigenvalue weighted by Gasteiger charge is 2.21. The lowest BCUT2D eigenvalue weighted by atomic mass is 10.1. The van der Waals surface area contributed by atoms with Gasteiger partial charge in [-0.2, -0.15) is 0 Å². The Hall–Kier alpha value is -2.50. The van der Waals surface area contributed by atoms with Crippen LogP contribution < -0.4 is 5.56 Å². The lowest BCUT2D eigenvalue weighted by Crippen LogP contribution is -2.31. The van der Waals surface area contributed by atoms with Crippen molar-refractivity contribution in [1.29, 1.82) is 0 Å². The number of aryl methyl sites for hydroxylation is 1. The lowest BCUT2D eigenvalue weighted by Gasteiger charge is -2.14. The first kappa shape index (κ1) is 15.9. The van der Waals surface area contributed by atoms with Crippen molar-refractivity contribution in [2.75, 3.05) is 7.11 Å². The molecule has 116 valence electrons. The molecule has 2 rings (SSSR count). The van der Waals surface area contributed by atoms with Crippen molar-refractivity contribution < 1.29 is 13.9 Å². The molecule has 0 saturated carbocycles. The van der Waals surface area contributed by atoms with Crippen LogP contribution in [0.25, 0.3) is 11.4 Å². The number of benzene rings is 1. The number of carbonyl (C=O) groups is 1. The molecule has 1 aromatic heterocycles. The zero-order valence-electron chi connectivity index (χ0n) is 12.7. The molecule has 0 atom stereocenters. The van der Waals surface area contributed by atoms with Crippen molar-refractivity contribution in [3.05, 3.63) is 51.7 Å². The number of rotatable bonds is 4. The molecule has 0 saturated heterocycles. The third-order valence-corrected chi connectivity index (χ3v) is 3.29. The molecular formula is C16H17FN2O3. The van der Waals surface area contributed by atoms with Crippen LogP contribution in [0, 0.1) is 12.7 Å². The predicted octanol–water partition coefficient (Wildman–Crippen LogP) is 2.55. The molecule has 22 heavy (non-hydrogen) atoms. The Morgan fingerprint density at radius 1 is 1.32 bits per heavy atom. The Labute approximate surface area is 127 Å². The summed E-state index contributed by atoms with van der Waals surface area (Å²) >= 11 is 0. The van der Waals surface area contributed by atoms with E-state index in [1.54, 1.807) is 19.1 Å². The molecule has 0 N–H and O–H groups in total. The number of methoxy groups -OCH3 is 1. The smallest absolute Gasteiger partial charge is 0.345 e. The highest BCUT2D eigenvalue weighted by atomic mass is 19.1. The maximum absolute atomic E-state index is 13.1. The largest absolute Gasteiger partial charge is 0.465 e. The van der Waals surface area contributed by atoms with Gasteiger partial charge in [0.05, 0.1) is 12.8 Å². The van der Waals surface area contributed by atoms with Crippen LogP contribution in [-0.4, -0.2) is 22.6 Å². The van der Waals surface area contributed by atoms with E-state index in [9.17, 15) is 14.0 Å². The summed E-state index contributed by atoms with van der Waals surface area (Å²) in [4.78, 5) is 28.7. The molecule has 0 aliphatic rings. The molecule has 5 nitrogen and oxygen atoms in total. The number of carbonyl (C=O) groups excluding carboxylic acids is 1. The maximum atomic E-state index is 13.1. The summed E-state index contributed by atoms with van der Waals surface area (Å²) in [5.74, 6) is -0.654. The first-order valence-corrected chi connectivity index (χ1v) is 6.95. The van der Waals surface area contributed by atoms with Crippen LogP contribution in [0.4, 0.5) is 4.39 Å². The number of halogens is 1. The summed E-state index contributed by atoms with van der Waals surface area (Å²) in [6.07, 6.45) is 0.694. The summed E-state index contributed by atoms with van der Waals surface area (Å²) in [6.45, 7) is 3.90. The van der Waals surface area contributed by atoms with Crippen molar-refractivity contribution >= 4 is 5.97 Å². The molecule has 0 radical (unpaired) electrons. The molecule has 0 aliphatic heterocycles.